The Kier molecular flexibility index (Phi) is 9.18. The molecule has 180 valence electrons. The summed E-state index contributed by atoms with van der Waals surface area (Å²) in [5, 5.41) is 2.61. The summed E-state index contributed by atoms with van der Waals surface area (Å²) >= 11 is 6.05. The molecule has 1 aromatic carbocycles. The van der Waals surface area contributed by atoms with Gasteiger partial charge in [-0.05, 0) is 12.1 Å². The van der Waals surface area contributed by atoms with E-state index in [-0.39, 0.29) is 10.6 Å². The van der Waals surface area contributed by atoms with Crippen LogP contribution in [0.5, 0.6) is 0 Å². The third kappa shape index (κ3) is 7.43. The van der Waals surface area contributed by atoms with E-state index in [1.165, 1.54) is 19.1 Å². The molecule has 0 bridgehead atoms. The van der Waals surface area contributed by atoms with E-state index in [1.54, 1.807) is 12.1 Å². The van der Waals surface area contributed by atoms with E-state index >= 15 is 0 Å². The molecular weight excluding hydrogens is 462 g/mol. The number of hydrogen-bond acceptors (Lipinski definition) is 10. The molecule has 1 heterocycles. The van der Waals surface area contributed by atoms with Gasteiger partial charge in [0.05, 0.1) is 10.6 Å². The van der Waals surface area contributed by atoms with E-state index in [4.69, 9.17) is 35.3 Å². The van der Waals surface area contributed by atoms with Crippen molar-refractivity contribution in [2.75, 3.05) is 6.61 Å². The third-order valence-electron chi connectivity index (χ3n) is 4.39. The van der Waals surface area contributed by atoms with Crippen LogP contribution in [-0.2, 0) is 42.9 Å². The average molecular weight is 486 g/mol. The summed E-state index contributed by atoms with van der Waals surface area (Å²) in [7, 11) is 0. The zero-order valence-electron chi connectivity index (χ0n) is 18.4. The topological polar surface area (TPSA) is 144 Å². The maximum atomic E-state index is 12.7. The molecule has 12 heteroatoms. The fraction of sp³-hybridized carbons (Fsp3) is 0.476. The zero-order chi connectivity index (χ0) is 24.7. The first-order valence-corrected chi connectivity index (χ1v) is 10.2. The van der Waals surface area contributed by atoms with Gasteiger partial charge in [-0.1, -0.05) is 23.7 Å². The van der Waals surface area contributed by atoms with Gasteiger partial charge in [0.25, 0.3) is 0 Å². The van der Waals surface area contributed by atoms with Crippen LogP contribution < -0.4 is 5.32 Å². The second-order valence-electron chi connectivity index (χ2n) is 7.11. The largest absolute Gasteiger partial charge is 0.463 e. The van der Waals surface area contributed by atoms with Gasteiger partial charge in [0, 0.05) is 27.7 Å². The zero-order valence-corrected chi connectivity index (χ0v) is 19.1. The highest BCUT2D eigenvalue weighted by molar-refractivity contribution is 6.33. The molecule has 1 fully saturated rings. The van der Waals surface area contributed by atoms with Crippen LogP contribution in [-0.4, -0.2) is 67.0 Å². The van der Waals surface area contributed by atoms with Crippen molar-refractivity contribution < 1.29 is 47.7 Å². The second-order valence-corrected chi connectivity index (χ2v) is 7.51. The number of amides is 1. The van der Waals surface area contributed by atoms with Gasteiger partial charge in [-0.15, -0.1) is 0 Å². The monoisotopic (exact) mass is 485 g/mol. The lowest BCUT2D eigenvalue weighted by Gasteiger charge is -2.44. The number of hydrogen-bond donors (Lipinski definition) is 1. The molecule has 0 spiro atoms. The minimum absolute atomic E-state index is 0.0204. The van der Waals surface area contributed by atoms with Crippen LogP contribution in [0.25, 0.3) is 0 Å². The van der Waals surface area contributed by atoms with Crippen molar-refractivity contribution in [3.05, 3.63) is 34.9 Å². The van der Waals surface area contributed by atoms with Crippen LogP contribution in [0.1, 0.15) is 38.1 Å². The summed E-state index contributed by atoms with van der Waals surface area (Å²) in [6.45, 7) is 4.14. The fourth-order valence-corrected chi connectivity index (χ4v) is 3.40. The Bertz CT molecular complexity index is 920. The summed E-state index contributed by atoms with van der Waals surface area (Å²) in [4.78, 5) is 59.5. The molecule has 11 nitrogen and oxygen atoms in total. The van der Waals surface area contributed by atoms with Gasteiger partial charge in [-0.3, -0.25) is 19.2 Å². The summed E-state index contributed by atoms with van der Waals surface area (Å²) < 4.78 is 26.8. The summed E-state index contributed by atoms with van der Waals surface area (Å²) in [6.07, 6.45) is -5.35. The molecule has 0 radical (unpaired) electrons. The van der Waals surface area contributed by atoms with Crippen LogP contribution >= 0.6 is 11.6 Å². The van der Waals surface area contributed by atoms with Crippen molar-refractivity contribution in [1.29, 1.82) is 0 Å². The molecule has 1 aliphatic rings. The molecule has 1 saturated heterocycles. The van der Waals surface area contributed by atoms with Gasteiger partial charge in [0.15, 0.2) is 12.2 Å². The van der Waals surface area contributed by atoms with E-state index in [2.05, 4.69) is 5.32 Å². The van der Waals surface area contributed by atoms with E-state index in [0.29, 0.717) is 0 Å². The smallest absolute Gasteiger partial charge is 0.342 e. The predicted molar refractivity (Wildman–Crippen MR) is 111 cm³/mol. The SMILES string of the molecule is CC(=O)N[C@H]1[C@@H](OC(=O)c2ccccc2Cl)O[C@@H](COC(C)=O)[C@@H](OC(C)=O)[C@@H]1OC(C)=O. The van der Waals surface area contributed by atoms with Crippen molar-refractivity contribution >= 4 is 41.4 Å². The number of esters is 4. The first-order valence-electron chi connectivity index (χ1n) is 9.85. The number of nitrogens with one attached hydrogen (secondary N) is 1. The van der Waals surface area contributed by atoms with E-state index in [9.17, 15) is 24.0 Å². The highest BCUT2D eigenvalue weighted by Gasteiger charge is 2.52. The number of rotatable bonds is 7. The molecule has 0 aromatic heterocycles. The summed E-state index contributed by atoms with van der Waals surface area (Å²) in [6, 6.07) is 4.81. The lowest BCUT2D eigenvalue weighted by Crippen LogP contribution is -2.66. The number of carbonyl (C=O) groups is 5. The van der Waals surface area contributed by atoms with Gasteiger partial charge in [0.1, 0.15) is 18.8 Å². The van der Waals surface area contributed by atoms with Gasteiger partial charge >= 0.3 is 23.9 Å². The Morgan fingerprint density at radius 3 is 2.06 bits per heavy atom. The first-order chi connectivity index (χ1) is 15.5. The van der Waals surface area contributed by atoms with E-state index < -0.39 is 67.0 Å². The van der Waals surface area contributed by atoms with Crippen LogP contribution in [0.3, 0.4) is 0 Å². The molecule has 1 aliphatic heterocycles. The normalized spacial score (nSPS) is 24.2. The first kappa shape index (κ1) is 26.1. The van der Waals surface area contributed by atoms with Crippen LogP contribution in [0.2, 0.25) is 5.02 Å². The third-order valence-corrected chi connectivity index (χ3v) is 4.72. The number of halogens is 1. The highest BCUT2D eigenvalue weighted by atomic mass is 35.5. The number of benzene rings is 1. The molecule has 2 rings (SSSR count). The van der Waals surface area contributed by atoms with Crippen molar-refractivity contribution in [3.63, 3.8) is 0 Å². The highest BCUT2D eigenvalue weighted by Crippen LogP contribution is 2.29. The Labute approximate surface area is 194 Å². The Balaban J connectivity index is 2.45. The maximum absolute atomic E-state index is 12.7. The molecule has 1 amide bonds. The second kappa shape index (κ2) is 11.6. The molecule has 0 saturated carbocycles. The number of ether oxygens (including phenoxy) is 5. The molecule has 1 aromatic rings. The maximum Gasteiger partial charge on any atom is 0.342 e. The van der Waals surface area contributed by atoms with Crippen LogP contribution in [0.4, 0.5) is 0 Å². The Morgan fingerprint density at radius 2 is 1.52 bits per heavy atom. The van der Waals surface area contributed by atoms with Gasteiger partial charge < -0.3 is 29.0 Å². The molecule has 0 unspecified atom stereocenters. The Morgan fingerprint density at radius 1 is 0.909 bits per heavy atom. The minimum atomic E-state index is -1.52. The molecule has 5 atom stereocenters. The van der Waals surface area contributed by atoms with Gasteiger partial charge in [0.2, 0.25) is 12.2 Å². The van der Waals surface area contributed by atoms with E-state index in [0.717, 1.165) is 20.8 Å². The lowest BCUT2D eigenvalue weighted by molar-refractivity contribution is -0.263. The lowest BCUT2D eigenvalue weighted by atomic mass is 9.96. The van der Waals surface area contributed by atoms with Crippen LogP contribution in [0, 0.1) is 0 Å². The molecule has 1 N–H and O–H groups in total. The Hall–Kier alpha value is -3.18. The summed E-state index contributed by atoms with van der Waals surface area (Å²) in [5.41, 5.74) is 0.0204. The quantitative estimate of drug-likeness (QED) is 0.441. The molecular formula is C21H24ClNO10. The van der Waals surface area contributed by atoms with Crippen molar-refractivity contribution in [1.82, 2.24) is 5.32 Å². The predicted octanol–water partition coefficient (Wildman–Crippen LogP) is 1.15. The van der Waals surface area contributed by atoms with Crippen molar-refractivity contribution in [2.24, 2.45) is 0 Å². The van der Waals surface area contributed by atoms with Gasteiger partial charge in [-0.2, -0.15) is 0 Å². The van der Waals surface area contributed by atoms with Crippen LogP contribution in [0.15, 0.2) is 24.3 Å². The van der Waals surface area contributed by atoms with Gasteiger partial charge in [-0.25, -0.2) is 4.79 Å². The van der Waals surface area contributed by atoms with E-state index in [1.807, 2.05) is 0 Å². The number of carbonyl (C=O) groups excluding carboxylic acids is 5. The summed E-state index contributed by atoms with van der Waals surface area (Å²) in [5.74, 6) is -3.63. The average Bonchev–Trinajstić information content (AvgIpc) is 2.70. The molecule has 33 heavy (non-hydrogen) atoms. The van der Waals surface area contributed by atoms with Crippen molar-refractivity contribution in [3.8, 4) is 0 Å². The minimum Gasteiger partial charge on any atom is -0.463 e. The molecule has 0 aliphatic carbocycles. The standard InChI is InChI=1S/C21H24ClNO10/c1-10(24)23-17-19(31-13(4)27)18(30-12(3)26)16(9-29-11(2)25)32-21(17)33-20(28)14-7-5-6-8-15(14)22/h5-8,16-19,21H,9H2,1-4H3,(H,23,24)/t16-,17+,18+,19+,21+/m0/s1. The van der Waals surface area contributed by atoms with Crippen molar-refractivity contribution in [2.45, 2.75) is 58.3 Å². The fourth-order valence-electron chi connectivity index (χ4n) is 3.19.